The molecule has 2 aromatic carbocycles. The van der Waals surface area contributed by atoms with Crippen molar-refractivity contribution in [3.05, 3.63) is 101 Å². The Morgan fingerprint density at radius 3 is 2.60 bits per heavy atom. The van der Waals surface area contributed by atoms with Crippen LogP contribution in [0.25, 0.3) is 11.5 Å². The third-order valence-corrected chi connectivity index (χ3v) is 9.01. The van der Waals surface area contributed by atoms with E-state index in [1.54, 1.807) is 30.3 Å². The molecule has 48 heavy (non-hydrogen) atoms. The molecule has 0 aliphatic carbocycles. The first-order valence-corrected chi connectivity index (χ1v) is 16.1. The topological polar surface area (TPSA) is 142 Å². The van der Waals surface area contributed by atoms with Crippen LogP contribution >= 0.6 is 0 Å². The fraction of sp³-hybridized carbons (Fsp3) is 0.306. The molecule has 1 atom stereocenters. The predicted octanol–water partition coefficient (Wildman–Crippen LogP) is 5.70. The Morgan fingerprint density at radius 1 is 1.02 bits per heavy atom. The highest BCUT2D eigenvalue weighted by Crippen LogP contribution is 2.37. The summed E-state index contributed by atoms with van der Waals surface area (Å²) in [5, 5.41) is 21.5. The lowest BCUT2D eigenvalue weighted by Gasteiger charge is -2.26. The molecule has 1 amide bonds. The molecule has 12 nitrogen and oxygen atoms in total. The number of hydrogen-bond donors (Lipinski definition) is 3. The van der Waals surface area contributed by atoms with Crippen LogP contribution in [0.15, 0.2) is 77.4 Å². The number of piperidine rings is 1. The summed E-state index contributed by atoms with van der Waals surface area (Å²) in [5.41, 5.74) is 5.13. The molecule has 5 aromatic rings. The standard InChI is InChI=1S/C36H38N8O4/c1-22-9-11-31(47-3)30(17-22)44-20-28-25(36(44)46)10-12-32(39-28)40-33-18-27(38-29(21-45)23-7-5-4-6-8-23)26(19-37-33)35-41-34(42-48-35)24-13-15-43(2)16-14-24/h4-12,17-19,24,29,45H,13-16,20-21H2,1-3H3,(H2,37,38,39,40)/t29-/m1/s1. The molecule has 1 saturated heterocycles. The number of carbonyl (C=O) groups excluding carboxylic acids is 1. The van der Waals surface area contributed by atoms with Gasteiger partial charge in [-0.2, -0.15) is 4.98 Å². The number of anilines is 4. The van der Waals surface area contributed by atoms with Gasteiger partial charge in [0.2, 0.25) is 0 Å². The van der Waals surface area contributed by atoms with Gasteiger partial charge in [0, 0.05) is 18.2 Å². The lowest BCUT2D eigenvalue weighted by atomic mass is 9.96. The molecule has 0 radical (unpaired) electrons. The van der Waals surface area contributed by atoms with Crippen molar-refractivity contribution in [2.75, 3.05) is 49.4 Å². The van der Waals surface area contributed by atoms with Gasteiger partial charge < -0.3 is 29.9 Å². The molecule has 7 rings (SSSR count). The van der Waals surface area contributed by atoms with Gasteiger partial charge in [0.25, 0.3) is 11.8 Å². The second kappa shape index (κ2) is 13.4. The summed E-state index contributed by atoms with van der Waals surface area (Å²) >= 11 is 0. The van der Waals surface area contributed by atoms with Crippen LogP contribution < -0.4 is 20.3 Å². The monoisotopic (exact) mass is 646 g/mol. The van der Waals surface area contributed by atoms with E-state index < -0.39 is 6.04 Å². The van der Waals surface area contributed by atoms with Gasteiger partial charge in [0.1, 0.15) is 17.4 Å². The first-order valence-electron chi connectivity index (χ1n) is 16.1. The minimum atomic E-state index is -0.398. The number of aliphatic hydroxyl groups excluding tert-OH is 1. The maximum atomic E-state index is 13.4. The van der Waals surface area contributed by atoms with E-state index in [2.05, 4.69) is 32.7 Å². The minimum Gasteiger partial charge on any atom is -0.495 e. The summed E-state index contributed by atoms with van der Waals surface area (Å²) in [6.07, 6.45) is 3.62. The van der Waals surface area contributed by atoms with Crippen molar-refractivity contribution in [3.63, 3.8) is 0 Å². The number of nitrogens with one attached hydrogen (secondary N) is 2. The number of aryl methyl sites for hydroxylation is 1. The molecule has 0 spiro atoms. The Balaban J connectivity index is 1.17. The van der Waals surface area contributed by atoms with Crippen LogP contribution in [-0.2, 0) is 6.54 Å². The first-order chi connectivity index (χ1) is 23.4. The summed E-state index contributed by atoms with van der Waals surface area (Å²) in [5.74, 6) is 2.83. The van der Waals surface area contributed by atoms with E-state index in [-0.39, 0.29) is 18.4 Å². The van der Waals surface area contributed by atoms with Gasteiger partial charge >= 0.3 is 0 Å². The number of fused-ring (bicyclic) bond motifs is 1. The van der Waals surface area contributed by atoms with Crippen LogP contribution in [0.1, 0.15) is 57.8 Å². The number of rotatable bonds is 10. The van der Waals surface area contributed by atoms with E-state index in [9.17, 15) is 9.90 Å². The van der Waals surface area contributed by atoms with Crippen LogP contribution in [0.4, 0.5) is 23.0 Å². The number of likely N-dealkylation sites (tertiary alicyclic amines) is 1. The highest BCUT2D eigenvalue weighted by atomic mass is 16.5. The Bertz CT molecular complexity index is 1920. The van der Waals surface area contributed by atoms with Crippen LogP contribution in [0.3, 0.4) is 0 Å². The Kier molecular flexibility index (Phi) is 8.74. The molecule has 2 aliphatic rings. The molecular formula is C36H38N8O4. The lowest BCUT2D eigenvalue weighted by Crippen LogP contribution is -2.29. The summed E-state index contributed by atoms with van der Waals surface area (Å²) in [4.78, 5) is 31.6. The highest BCUT2D eigenvalue weighted by Gasteiger charge is 2.32. The Morgan fingerprint density at radius 2 is 1.83 bits per heavy atom. The van der Waals surface area contributed by atoms with Crippen molar-refractivity contribution >= 4 is 28.9 Å². The Hall–Kier alpha value is -5.33. The van der Waals surface area contributed by atoms with E-state index in [1.807, 2.05) is 61.5 Å². The second-order valence-corrected chi connectivity index (χ2v) is 12.3. The molecule has 5 heterocycles. The SMILES string of the molecule is COc1ccc(C)cc1N1Cc2nc(Nc3cc(N[C@H](CO)c4ccccc4)c(-c4nc(C5CCN(C)CC5)no4)cn3)ccc2C1=O. The van der Waals surface area contributed by atoms with Gasteiger partial charge in [-0.25, -0.2) is 9.97 Å². The van der Waals surface area contributed by atoms with Crippen molar-refractivity contribution in [2.24, 2.45) is 0 Å². The van der Waals surface area contributed by atoms with Crippen molar-refractivity contribution in [1.82, 2.24) is 25.0 Å². The zero-order valence-electron chi connectivity index (χ0n) is 27.2. The minimum absolute atomic E-state index is 0.128. The summed E-state index contributed by atoms with van der Waals surface area (Å²) in [7, 11) is 3.72. The van der Waals surface area contributed by atoms with E-state index in [0.29, 0.717) is 63.8 Å². The van der Waals surface area contributed by atoms with Gasteiger partial charge in [0.05, 0.1) is 54.5 Å². The number of aromatic nitrogens is 4. The number of nitrogens with zero attached hydrogens (tertiary/aromatic N) is 6. The maximum absolute atomic E-state index is 13.4. The van der Waals surface area contributed by atoms with Gasteiger partial charge in [-0.15, -0.1) is 0 Å². The molecule has 0 bridgehead atoms. The molecule has 0 unspecified atom stereocenters. The molecule has 2 aliphatic heterocycles. The van der Waals surface area contributed by atoms with Crippen LogP contribution in [0, 0.1) is 6.92 Å². The van der Waals surface area contributed by atoms with Crippen LogP contribution in [0.2, 0.25) is 0 Å². The summed E-state index contributed by atoms with van der Waals surface area (Å²) in [6, 6.07) is 20.5. The number of pyridine rings is 2. The van der Waals surface area contributed by atoms with Crippen LogP contribution in [0.5, 0.6) is 5.75 Å². The number of benzene rings is 2. The normalized spacial score (nSPS) is 15.8. The van der Waals surface area contributed by atoms with Gasteiger partial charge in [-0.1, -0.05) is 41.6 Å². The molecule has 246 valence electrons. The number of amides is 1. The quantitative estimate of drug-likeness (QED) is 0.172. The van der Waals surface area contributed by atoms with Crippen molar-refractivity contribution < 1.29 is 19.2 Å². The average molecular weight is 647 g/mol. The molecule has 12 heteroatoms. The third kappa shape index (κ3) is 6.32. The van der Waals surface area contributed by atoms with Gasteiger partial charge in [-0.3, -0.25) is 9.69 Å². The largest absolute Gasteiger partial charge is 0.495 e. The fourth-order valence-electron chi connectivity index (χ4n) is 6.29. The number of aliphatic hydroxyl groups is 1. The molecular weight excluding hydrogens is 608 g/mol. The smallest absolute Gasteiger partial charge is 0.261 e. The van der Waals surface area contributed by atoms with Gasteiger partial charge in [0.15, 0.2) is 5.82 Å². The van der Waals surface area contributed by atoms with Crippen molar-refractivity contribution in [2.45, 2.75) is 38.3 Å². The van der Waals surface area contributed by atoms with E-state index in [1.165, 1.54) is 0 Å². The number of hydrogen-bond acceptors (Lipinski definition) is 11. The molecule has 3 N–H and O–H groups in total. The predicted molar refractivity (Wildman–Crippen MR) is 183 cm³/mol. The van der Waals surface area contributed by atoms with E-state index in [4.69, 9.17) is 19.2 Å². The van der Waals surface area contributed by atoms with E-state index >= 15 is 0 Å². The van der Waals surface area contributed by atoms with Crippen molar-refractivity contribution in [1.29, 1.82) is 0 Å². The number of ether oxygens (including phenoxy) is 1. The third-order valence-electron chi connectivity index (χ3n) is 9.01. The van der Waals surface area contributed by atoms with Crippen molar-refractivity contribution in [3.8, 4) is 17.2 Å². The molecule has 3 aromatic heterocycles. The Labute approximate surface area is 278 Å². The number of methoxy groups -OCH3 is 1. The van der Waals surface area contributed by atoms with Gasteiger partial charge in [-0.05, 0) is 75.3 Å². The maximum Gasteiger partial charge on any atom is 0.261 e. The zero-order valence-corrected chi connectivity index (χ0v) is 27.2. The van der Waals surface area contributed by atoms with E-state index in [0.717, 1.165) is 37.1 Å². The molecule has 1 fully saturated rings. The summed E-state index contributed by atoms with van der Waals surface area (Å²) in [6.45, 7) is 4.13. The lowest BCUT2D eigenvalue weighted by molar-refractivity contribution is 0.0996. The van der Waals surface area contributed by atoms with Crippen LogP contribution in [-0.4, -0.2) is 69.9 Å². The fourth-order valence-corrected chi connectivity index (χ4v) is 6.29. The first kappa shape index (κ1) is 31.3. The average Bonchev–Trinajstić information content (AvgIpc) is 3.73. The summed E-state index contributed by atoms with van der Waals surface area (Å²) < 4.78 is 11.3. The second-order valence-electron chi connectivity index (χ2n) is 12.3. The highest BCUT2D eigenvalue weighted by molar-refractivity contribution is 6.10. The zero-order chi connectivity index (χ0) is 33.2. The number of carbonyl (C=O) groups is 1. The molecule has 0 saturated carbocycles.